The first-order valence-corrected chi connectivity index (χ1v) is 2.11. The van der Waals surface area contributed by atoms with Crippen LogP contribution in [-0.2, 0) is 0 Å². The number of alkyl halides is 4. The van der Waals surface area contributed by atoms with Crippen molar-refractivity contribution in [3.8, 4) is 0 Å². The standard InChI is InChI=1S/C4H3F5O/c5-1(3(6)7)2(10)4(8)9/h3-4,10H/b2-1+. The summed E-state index contributed by atoms with van der Waals surface area (Å²) >= 11 is 0. The van der Waals surface area contributed by atoms with Crippen LogP contribution in [0.25, 0.3) is 0 Å². The summed E-state index contributed by atoms with van der Waals surface area (Å²) in [5.41, 5.74) is 0. The summed E-state index contributed by atoms with van der Waals surface area (Å²) in [5.74, 6) is -4.68. The van der Waals surface area contributed by atoms with E-state index in [1.54, 1.807) is 0 Å². The van der Waals surface area contributed by atoms with Gasteiger partial charge in [-0.2, -0.15) is 0 Å². The van der Waals surface area contributed by atoms with E-state index in [-0.39, 0.29) is 0 Å². The summed E-state index contributed by atoms with van der Waals surface area (Å²) in [5, 5.41) is 7.84. The minimum atomic E-state index is -3.69. The molecule has 0 saturated carbocycles. The van der Waals surface area contributed by atoms with Gasteiger partial charge in [0.05, 0.1) is 0 Å². The van der Waals surface area contributed by atoms with Crippen molar-refractivity contribution in [1.82, 2.24) is 0 Å². The number of hydrogen-bond donors (Lipinski definition) is 1. The first kappa shape index (κ1) is 9.19. The second kappa shape index (κ2) is 3.38. The third-order valence-electron chi connectivity index (χ3n) is 0.643. The molecule has 0 heterocycles. The molecule has 0 aliphatic rings. The maximum Gasteiger partial charge on any atom is 0.297 e. The SMILES string of the molecule is O/C(=C(/F)C(F)F)C(F)F. The molecule has 0 rings (SSSR count). The lowest BCUT2D eigenvalue weighted by molar-refractivity contribution is 0.0950. The Balaban J connectivity index is 4.34. The van der Waals surface area contributed by atoms with E-state index in [9.17, 15) is 22.0 Å². The molecule has 0 aliphatic heterocycles. The van der Waals surface area contributed by atoms with Crippen LogP contribution in [0.3, 0.4) is 0 Å². The zero-order valence-corrected chi connectivity index (χ0v) is 4.49. The number of halogens is 5. The molecule has 0 amide bonds. The molecule has 0 spiro atoms. The Kier molecular flexibility index (Phi) is 3.11. The highest BCUT2D eigenvalue weighted by Crippen LogP contribution is 2.17. The molecule has 0 aromatic carbocycles. The van der Waals surface area contributed by atoms with E-state index in [1.807, 2.05) is 0 Å². The van der Waals surface area contributed by atoms with Gasteiger partial charge in [-0.25, -0.2) is 22.0 Å². The van der Waals surface area contributed by atoms with E-state index in [4.69, 9.17) is 5.11 Å². The molecule has 1 nitrogen and oxygen atoms in total. The van der Waals surface area contributed by atoms with E-state index in [0.29, 0.717) is 0 Å². The van der Waals surface area contributed by atoms with Gasteiger partial charge in [0.1, 0.15) is 0 Å². The summed E-state index contributed by atoms with van der Waals surface area (Å²) in [6.07, 6.45) is -7.28. The molecule has 60 valence electrons. The van der Waals surface area contributed by atoms with Gasteiger partial charge >= 0.3 is 0 Å². The van der Waals surface area contributed by atoms with Gasteiger partial charge in [-0.15, -0.1) is 0 Å². The topological polar surface area (TPSA) is 20.2 Å². The number of aliphatic hydroxyl groups is 1. The van der Waals surface area contributed by atoms with Crippen LogP contribution in [0.5, 0.6) is 0 Å². The van der Waals surface area contributed by atoms with Crippen molar-refractivity contribution in [2.75, 3.05) is 0 Å². The van der Waals surface area contributed by atoms with Gasteiger partial charge in [0.15, 0.2) is 5.76 Å². The van der Waals surface area contributed by atoms with E-state index in [1.165, 1.54) is 0 Å². The van der Waals surface area contributed by atoms with Crippen LogP contribution in [0.15, 0.2) is 11.6 Å². The number of allylic oxidation sites excluding steroid dienone is 2. The van der Waals surface area contributed by atoms with Crippen molar-refractivity contribution < 1.29 is 27.1 Å². The van der Waals surface area contributed by atoms with E-state index >= 15 is 0 Å². The summed E-state index contributed by atoms with van der Waals surface area (Å²) < 4.78 is 56.1. The largest absolute Gasteiger partial charge is 0.505 e. The molecule has 0 aromatic heterocycles. The molecule has 1 N–H and O–H groups in total. The molecular formula is C4H3F5O. The van der Waals surface area contributed by atoms with Crippen molar-refractivity contribution in [1.29, 1.82) is 0 Å². The summed E-state index contributed by atoms with van der Waals surface area (Å²) in [6, 6.07) is 0. The normalized spacial score (nSPS) is 14.3. The Morgan fingerprint density at radius 3 is 1.50 bits per heavy atom. The number of rotatable bonds is 2. The van der Waals surface area contributed by atoms with Crippen molar-refractivity contribution in [3.05, 3.63) is 11.6 Å². The lowest BCUT2D eigenvalue weighted by atomic mass is 10.4. The fraction of sp³-hybridized carbons (Fsp3) is 0.500. The Hall–Kier alpha value is -0.810. The van der Waals surface area contributed by atoms with E-state index < -0.39 is 24.4 Å². The average molecular weight is 162 g/mol. The fourth-order valence-electron chi connectivity index (χ4n) is 0.216. The maximum absolute atomic E-state index is 11.6. The molecule has 0 atom stereocenters. The molecule has 0 unspecified atom stereocenters. The van der Waals surface area contributed by atoms with Crippen LogP contribution in [0.4, 0.5) is 22.0 Å². The predicted molar refractivity (Wildman–Crippen MR) is 22.8 cm³/mol. The van der Waals surface area contributed by atoms with E-state index in [2.05, 4.69) is 0 Å². The Morgan fingerprint density at radius 2 is 1.40 bits per heavy atom. The third-order valence-corrected chi connectivity index (χ3v) is 0.643. The molecule has 0 saturated heterocycles. The zero-order chi connectivity index (χ0) is 8.31. The van der Waals surface area contributed by atoms with Gasteiger partial charge < -0.3 is 5.11 Å². The zero-order valence-electron chi connectivity index (χ0n) is 4.49. The lowest BCUT2D eigenvalue weighted by Gasteiger charge is -1.99. The van der Waals surface area contributed by atoms with Crippen molar-refractivity contribution in [3.63, 3.8) is 0 Å². The fourth-order valence-corrected chi connectivity index (χ4v) is 0.216. The highest BCUT2D eigenvalue weighted by atomic mass is 19.3. The first-order chi connectivity index (χ1) is 4.46. The van der Waals surface area contributed by atoms with Crippen LogP contribution in [0, 0.1) is 0 Å². The first-order valence-electron chi connectivity index (χ1n) is 2.11. The highest BCUT2D eigenvalue weighted by Gasteiger charge is 2.22. The molecule has 0 radical (unpaired) electrons. The smallest absolute Gasteiger partial charge is 0.297 e. The molecule has 0 aromatic rings. The molecular weight excluding hydrogens is 159 g/mol. The lowest BCUT2D eigenvalue weighted by Crippen LogP contribution is -2.03. The minimum absolute atomic E-state index is 2.20. The Labute approximate surface area is 52.8 Å². The highest BCUT2D eigenvalue weighted by molar-refractivity contribution is 5.03. The second-order valence-corrected chi connectivity index (χ2v) is 1.33. The summed E-state index contributed by atoms with van der Waals surface area (Å²) in [6.45, 7) is 0. The molecule has 10 heavy (non-hydrogen) atoms. The van der Waals surface area contributed by atoms with Gasteiger partial charge in [0, 0.05) is 0 Å². The molecule has 6 heteroatoms. The van der Waals surface area contributed by atoms with Crippen molar-refractivity contribution in [2.45, 2.75) is 12.9 Å². The third kappa shape index (κ3) is 2.20. The van der Waals surface area contributed by atoms with Gasteiger partial charge in [-0.3, -0.25) is 0 Å². The van der Waals surface area contributed by atoms with Crippen LogP contribution < -0.4 is 0 Å². The Morgan fingerprint density at radius 1 is 1.00 bits per heavy atom. The van der Waals surface area contributed by atoms with Crippen LogP contribution >= 0.6 is 0 Å². The van der Waals surface area contributed by atoms with Crippen molar-refractivity contribution >= 4 is 0 Å². The molecule has 0 fully saturated rings. The minimum Gasteiger partial charge on any atom is -0.505 e. The average Bonchev–Trinajstić information content (AvgIpc) is 1.84. The van der Waals surface area contributed by atoms with Crippen LogP contribution in [-0.4, -0.2) is 18.0 Å². The monoisotopic (exact) mass is 162 g/mol. The van der Waals surface area contributed by atoms with E-state index in [0.717, 1.165) is 0 Å². The van der Waals surface area contributed by atoms with Gasteiger partial charge in [0.25, 0.3) is 12.9 Å². The molecule has 0 bridgehead atoms. The van der Waals surface area contributed by atoms with Crippen LogP contribution in [0.2, 0.25) is 0 Å². The maximum atomic E-state index is 11.6. The van der Waals surface area contributed by atoms with Gasteiger partial charge in [0.2, 0.25) is 5.83 Å². The van der Waals surface area contributed by atoms with Crippen molar-refractivity contribution in [2.24, 2.45) is 0 Å². The second-order valence-electron chi connectivity index (χ2n) is 1.33. The number of aliphatic hydroxyl groups excluding tert-OH is 1. The molecule has 0 aliphatic carbocycles. The van der Waals surface area contributed by atoms with Crippen LogP contribution in [0.1, 0.15) is 0 Å². The Bertz CT molecular complexity index is 125. The predicted octanol–water partition coefficient (Wildman–Crippen LogP) is 2.26. The summed E-state index contributed by atoms with van der Waals surface area (Å²) in [4.78, 5) is 0. The van der Waals surface area contributed by atoms with Gasteiger partial charge in [-0.05, 0) is 0 Å². The van der Waals surface area contributed by atoms with Gasteiger partial charge in [-0.1, -0.05) is 0 Å². The number of hydrogen-bond acceptors (Lipinski definition) is 1. The summed E-state index contributed by atoms with van der Waals surface area (Å²) in [7, 11) is 0. The quantitative estimate of drug-likeness (QED) is 0.487.